The van der Waals surface area contributed by atoms with Gasteiger partial charge >= 0.3 is 0 Å². The summed E-state index contributed by atoms with van der Waals surface area (Å²) in [6.45, 7) is 1.31. The molecule has 0 bridgehead atoms. The Morgan fingerprint density at radius 3 is 2.55 bits per heavy atom. The first-order chi connectivity index (χ1) is 10.5. The van der Waals surface area contributed by atoms with Gasteiger partial charge in [0, 0.05) is 16.6 Å². The predicted molar refractivity (Wildman–Crippen MR) is 88.2 cm³/mol. The fourth-order valence-corrected chi connectivity index (χ4v) is 2.65. The summed E-state index contributed by atoms with van der Waals surface area (Å²) in [5.74, 6) is -0.719. The first-order valence-electron chi connectivity index (χ1n) is 7.06. The molecule has 0 saturated heterocycles. The molecule has 0 aliphatic carbocycles. The van der Waals surface area contributed by atoms with E-state index in [4.69, 9.17) is 0 Å². The molecule has 2 N–H and O–H groups in total. The smallest absolute Gasteiger partial charge is 0.252 e. The fraction of sp³-hybridized carbons (Fsp3) is 0.235. The van der Waals surface area contributed by atoms with Crippen molar-refractivity contribution < 1.29 is 14.1 Å². The lowest BCUT2D eigenvalue weighted by Crippen LogP contribution is -3.04. The van der Waals surface area contributed by atoms with Gasteiger partial charge in [-0.3, -0.25) is 4.79 Å². The summed E-state index contributed by atoms with van der Waals surface area (Å²) in [4.78, 5) is 13.5. The Bertz CT molecular complexity index is 673. The Morgan fingerprint density at radius 1 is 1.18 bits per heavy atom. The molecule has 3 nitrogen and oxygen atoms in total. The first kappa shape index (κ1) is 16.6. The van der Waals surface area contributed by atoms with Gasteiger partial charge in [-0.15, -0.1) is 0 Å². The third-order valence-electron chi connectivity index (χ3n) is 3.27. The van der Waals surface area contributed by atoms with Gasteiger partial charge in [-0.25, -0.2) is 4.39 Å². The predicted octanol–water partition coefficient (Wildman–Crippen LogP) is 2.16. The Hall–Kier alpha value is -1.72. The second-order valence-electron chi connectivity index (χ2n) is 5.46. The van der Waals surface area contributed by atoms with Gasteiger partial charge in [0.25, 0.3) is 5.91 Å². The Morgan fingerprint density at radius 2 is 1.86 bits per heavy atom. The molecule has 2 aromatic carbocycles. The van der Waals surface area contributed by atoms with Crippen LogP contribution in [0.3, 0.4) is 0 Å². The first-order valence-corrected chi connectivity index (χ1v) is 7.85. The Balaban J connectivity index is 2.10. The summed E-state index contributed by atoms with van der Waals surface area (Å²) in [5.41, 5.74) is 2.57. The van der Waals surface area contributed by atoms with E-state index in [0.29, 0.717) is 16.6 Å². The number of benzene rings is 2. The number of nitrogens with one attached hydrogen (secondary N) is 2. The summed E-state index contributed by atoms with van der Waals surface area (Å²) >= 11 is 3.27. The van der Waals surface area contributed by atoms with Crippen LogP contribution in [0.5, 0.6) is 0 Å². The molecule has 22 heavy (non-hydrogen) atoms. The van der Waals surface area contributed by atoms with E-state index in [0.717, 1.165) is 12.1 Å². The maximum absolute atomic E-state index is 13.3. The third kappa shape index (κ3) is 4.39. The van der Waals surface area contributed by atoms with Gasteiger partial charge in [0.15, 0.2) is 0 Å². The summed E-state index contributed by atoms with van der Waals surface area (Å²) < 4.78 is 13.9. The SMILES string of the molecule is C[NH+](C)Cc1ccccc1CNC(=O)c1cc(F)ccc1Br. The normalized spacial score (nSPS) is 10.8. The summed E-state index contributed by atoms with van der Waals surface area (Å²) in [6.07, 6.45) is 0. The van der Waals surface area contributed by atoms with Crippen LogP contribution in [0.15, 0.2) is 46.9 Å². The average molecular weight is 366 g/mol. The number of carbonyl (C=O) groups excluding carboxylic acids is 1. The lowest BCUT2D eigenvalue weighted by atomic mass is 10.1. The van der Waals surface area contributed by atoms with Gasteiger partial charge in [-0.1, -0.05) is 24.3 Å². The van der Waals surface area contributed by atoms with Gasteiger partial charge in [0.2, 0.25) is 0 Å². The molecule has 5 heteroatoms. The topological polar surface area (TPSA) is 33.5 Å². The summed E-state index contributed by atoms with van der Waals surface area (Å²) in [5, 5.41) is 2.85. The van der Waals surface area contributed by atoms with Crippen molar-refractivity contribution in [3.63, 3.8) is 0 Å². The number of rotatable bonds is 5. The van der Waals surface area contributed by atoms with E-state index in [9.17, 15) is 9.18 Å². The van der Waals surface area contributed by atoms with E-state index in [2.05, 4.69) is 41.4 Å². The molecule has 0 spiro atoms. The van der Waals surface area contributed by atoms with E-state index in [1.807, 2.05) is 18.2 Å². The standard InChI is InChI=1S/C17H18BrFN2O/c1-21(2)11-13-6-4-3-5-12(13)10-20-17(22)15-9-14(19)7-8-16(15)18/h3-9H,10-11H2,1-2H3,(H,20,22)/p+1. The van der Waals surface area contributed by atoms with Crippen molar-refractivity contribution in [1.29, 1.82) is 0 Å². The van der Waals surface area contributed by atoms with E-state index in [1.165, 1.54) is 28.7 Å². The van der Waals surface area contributed by atoms with Crippen molar-refractivity contribution in [3.8, 4) is 0 Å². The van der Waals surface area contributed by atoms with Crippen LogP contribution in [0.1, 0.15) is 21.5 Å². The molecule has 0 atom stereocenters. The minimum atomic E-state index is -0.426. The second-order valence-corrected chi connectivity index (χ2v) is 6.31. The van der Waals surface area contributed by atoms with E-state index < -0.39 is 5.82 Å². The number of carbonyl (C=O) groups is 1. The van der Waals surface area contributed by atoms with Crippen LogP contribution in [0.4, 0.5) is 4.39 Å². The van der Waals surface area contributed by atoms with Crippen molar-refractivity contribution in [2.24, 2.45) is 0 Å². The molecular weight excluding hydrogens is 347 g/mol. The Kier molecular flexibility index (Phi) is 5.69. The highest BCUT2D eigenvalue weighted by Gasteiger charge is 2.12. The van der Waals surface area contributed by atoms with Crippen LogP contribution in [-0.2, 0) is 13.1 Å². The average Bonchev–Trinajstić information content (AvgIpc) is 2.48. The Labute approximate surface area is 138 Å². The summed E-state index contributed by atoms with van der Waals surface area (Å²) in [7, 11) is 4.17. The van der Waals surface area contributed by atoms with Crippen molar-refractivity contribution in [3.05, 3.63) is 69.4 Å². The zero-order valence-electron chi connectivity index (χ0n) is 12.6. The minimum Gasteiger partial charge on any atom is -0.348 e. The van der Waals surface area contributed by atoms with Gasteiger partial charge in [0.1, 0.15) is 12.4 Å². The molecular formula is C17H19BrFN2O+. The largest absolute Gasteiger partial charge is 0.348 e. The molecule has 2 aromatic rings. The van der Waals surface area contributed by atoms with Crippen LogP contribution >= 0.6 is 15.9 Å². The number of quaternary nitrogens is 1. The molecule has 116 valence electrons. The van der Waals surface area contributed by atoms with Crippen molar-refractivity contribution in [1.82, 2.24) is 5.32 Å². The van der Waals surface area contributed by atoms with Crippen molar-refractivity contribution in [2.75, 3.05) is 14.1 Å². The van der Waals surface area contributed by atoms with Crippen molar-refractivity contribution >= 4 is 21.8 Å². The van der Waals surface area contributed by atoms with Gasteiger partial charge < -0.3 is 10.2 Å². The van der Waals surface area contributed by atoms with Crippen molar-refractivity contribution in [2.45, 2.75) is 13.1 Å². The second kappa shape index (κ2) is 7.51. The van der Waals surface area contributed by atoms with E-state index in [1.54, 1.807) is 0 Å². The van der Waals surface area contributed by atoms with Gasteiger partial charge in [-0.2, -0.15) is 0 Å². The molecule has 2 rings (SSSR count). The van der Waals surface area contributed by atoms with E-state index in [-0.39, 0.29) is 5.91 Å². The van der Waals surface area contributed by atoms with Gasteiger partial charge in [0.05, 0.1) is 19.7 Å². The third-order valence-corrected chi connectivity index (χ3v) is 3.97. The zero-order chi connectivity index (χ0) is 16.1. The highest BCUT2D eigenvalue weighted by molar-refractivity contribution is 9.10. The lowest BCUT2D eigenvalue weighted by Gasteiger charge is -2.13. The van der Waals surface area contributed by atoms with Crippen LogP contribution in [0.25, 0.3) is 0 Å². The molecule has 0 fully saturated rings. The van der Waals surface area contributed by atoms with Gasteiger partial charge in [-0.05, 0) is 39.7 Å². The van der Waals surface area contributed by atoms with Crippen LogP contribution in [0, 0.1) is 5.82 Å². The lowest BCUT2D eigenvalue weighted by molar-refractivity contribution is -0.872. The maximum atomic E-state index is 13.3. The number of amides is 1. The van der Waals surface area contributed by atoms with E-state index >= 15 is 0 Å². The molecule has 0 heterocycles. The van der Waals surface area contributed by atoms with Crippen LogP contribution in [0.2, 0.25) is 0 Å². The highest BCUT2D eigenvalue weighted by atomic mass is 79.9. The molecule has 0 saturated carbocycles. The molecule has 0 aliphatic heterocycles. The van der Waals surface area contributed by atoms with Crippen LogP contribution < -0.4 is 10.2 Å². The molecule has 0 unspecified atom stereocenters. The molecule has 0 aromatic heterocycles. The highest BCUT2D eigenvalue weighted by Crippen LogP contribution is 2.18. The molecule has 0 radical (unpaired) electrons. The fourth-order valence-electron chi connectivity index (χ4n) is 2.23. The molecule has 1 amide bonds. The quantitative estimate of drug-likeness (QED) is 0.836. The monoisotopic (exact) mass is 365 g/mol. The zero-order valence-corrected chi connectivity index (χ0v) is 14.2. The number of halogens is 2. The minimum absolute atomic E-state index is 0.293. The molecule has 0 aliphatic rings. The van der Waals surface area contributed by atoms with Crippen LogP contribution in [-0.4, -0.2) is 20.0 Å². The number of hydrogen-bond donors (Lipinski definition) is 2. The number of hydrogen-bond acceptors (Lipinski definition) is 1. The maximum Gasteiger partial charge on any atom is 0.252 e. The summed E-state index contributed by atoms with van der Waals surface area (Å²) in [6, 6.07) is 12.1.